The smallest absolute Gasteiger partial charge is 0.317 e. The number of carbonyl (C=O) groups is 1. The quantitative estimate of drug-likeness (QED) is 0.364. The number of nitrogens with one attached hydrogen (secondary N) is 1. The largest absolute Gasteiger partial charge is 0.480 e. The number of aliphatic carboxylic acids is 1. The number of halogens is 2. The van der Waals surface area contributed by atoms with E-state index in [1.54, 1.807) is 6.07 Å². The third-order valence-electron chi connectivity index (χ3n) is 3.73. The molecule has 8 heteroatoms. The fourth-order valence-corrected chi connectivity index (χ4v) is 3.65. The normalized spacial score (nSPS) is 12.0. The van der Waals surface area contributed by atoms with Crippen LogP contribution in [0.1, 0.15) is 30.9 Å². The molecule has 0 saturated carbocycles. The van der Waals surface area contributed by atoms with Gasteiger partial charge in [-0.15, -0.1) is 0 Å². The summed E-state index contributed by atoms with van der Waals surface area (Å²) < 4.78 is 0. The second kappa shape index (κ2) is 8.74. The van der Waals surface area contributed by atoms with Gasteiger partial charge in [0.2, 0.25) is 0 Å². The highest BCUT2D eigenvalue weighted by Gasteiger charge is 2.20. The third kappa shape index (κ3) is 5.23. The van der Waals surface area contributed by atoms with E-state index in [-0.39, 0.29) is 5.15 Å². The fraction of sp³-hybridized carbons (Fsp3) is 0.353. The molecular weight excluding hydrogens is 381 g/mol. The zero-order valence-electron chi connectivity index (χ0n) is 14.1. The maximum Gasteiger partial charge on any atom is 0.317 e. The minimum absolute atomic E-state index is 0.254. The van der Waals surface area contributed by atoms with E-state index in [0.29, 0.717) is 22.4 Å². The van der Waals surface area contributed by atoms with Crippen LogP contribution in [0, 0.1) is 13.8 Å². The molecule has 5 nitrogen and oxygen atoms in total. The molecule has 2 N–H and O–H groups in total. The summed E-state index contributed by atoms with van der Waals surface area (Å²) in [6.07, 6.45) is 1.30. The Morgan fingerprint density at radius 2 is 2.00 bits per heavy atom. The van der Waals surface area contributed by atoms with Crippen molar-refractivity contribution in [2.45, 2.75) is 44.0 Å². The minimum atomic E-state index is -0.880. The van der Waals surface area contributed by atoms with Gasteiger partial charge in [0.1, 0.15) is 16.2 Å². The van der Waals surface area contributed by atoms with Gasteiger partial charge in [0.25, 0.3) is 0 Å². The van der Waals surface area contributed by atoms with Gasteiger partial charge < -0.3 is 10.4 Å². The minimum Gasteiger partial charge on any atom is -0.480 e. The zero-order chi connectivity index (χ0) is 18.6. The first kappa shape index (κ1) is 19.8. The zero-order valence-corrected chi connectivity index (χ0v) is 16.5. The molecule has 0 aliphatic carbocycles. The number of benzene rings is 1. The van der Waals surface area contributed by atoms with Gasteiger partial charge in [-0.1, -0.05) is 48.3 Å². The fourth-order valence-electron chi connectivity index (χ4n) is 2.20. The molecule has 0 fully saturated rings. The van der Waals surface area contributed by atoms with E-state index < -0.39 is 11.2 Å². The topological polar surface area (TPSA) is 75.1 Å². The van der Waals surface area contributed by atoms with Crippen LogP contribution in [0.5, 0.6) is 0 Å². The average molecular weight is 400 g/mol. The van der Waals surface area contributed by atoms with Gasteiger partial charge in [-0.25, -0.2) is 9.97 Å². The number of carboxylic acid groups (broad SMARTS) is 1. The van der Waals surface area contributed by atoms with Crippen LogP contribution in [0.2, 0.25) is 10.2 Å². The maximum atomic E-state index is 11.3. The number of hydrogen-bond donors (Lipinski definition) is 2. The van der Waals surface area contributed by atoms with E-state index in [4.69, 9.17) is 23.2 Å². The summed E-state index contributed by atoms with van der Waals surface area (Å²) in [6, 6.07) is 5.28. The second-order valence-corrected chi connectivity index (χ2v) is 7.53. The Bertz CT molecular complexity index is 787. The summed E-state index contributed by atoms with van der Waals surface area (Å²) in [6.45, 7) is 5.84. The SMILES string of the molecule is CCCC(Sc1nc(Cl)cc(Nc2ccc(Cl)c(C)c2C)n1)C(=O)O. The monoisotopic (exact) mass is 399 g/mol. The molecule has 25 heavy (non-hydrogen) atoms. The van der Waals surface area contributed by atoms with E-state index in [1.165, 1.54) is 0 Å². The molecule has 0 spiro atoms. The number of hydrogen-bond acceptors (Lipinski definition) is 5. The predicted molar refractivity (Wildman–Crippen MR) is 103 cm³/mol. The van der Waals surface area contributed by atoms with E-state index in [0.717, 1.165) is 35.0 Å². The molecule has 1 aromatic carbocycles. The lowest BCUT2D eigenvalue weighted by molar-refractivity contribution is -0.136. The van der Waals surface area contributed by atoms with Gasteiger partial charge in [0.15, 0.2) is 5.16 Å². The number of rotatable bonds is 7. The van der Waals surface area contributed by atoms with E-state index in [1.807, 2.05) is 32.9 Å². The van der Waals surface area contributed by atoms with E-state index >= 15 is 0 Å². The molecule has 2 aromatic rings. The van der Waals surface area contributed by atoms with Gasteiger partial charge in [-0.2, -0.15) is 0 Å². The molecule has 1 atom stereocenters. The van der Waals surface area contributed by atoms with Crippen molar-refractivity contribution < 1.29 is 9.90 Å². The lowest BCUT2D eigenvalue weighted by atomic mass is 10.1. The number of nitrogens with zero attached hydrogens (tertiary/aromatic N) is 2. The van der Waals surface area contributed by atoms with Gasteiger partial charge in [-0.3, -0.25) is 4.79 Å². The third-order valence-corrected chi connectivity index (χ3v) is 5.45. The highest BCUT2D eigenvalue weighted by molar-refractivity contribution is 8.00. The number of aromatic nitrogens is 2. The highest BCUT2D eigenvalue weighted by atomic mass is 35.5. The molecule has 0 saturated heterocycles. The summed E-state index contributed by atoms with van der Waals surface area (Å²) in [4.78, 5) is 19.8. The second-order valence-electron chi connectivity index (χ2n) is 5.56. The molecule has 0 aliphatic rings. The van der Waals surface area contributed by atoms with Crippen LogP contribution in [0.25, 0.3) is 0 Å². The van der Waals surface area contributed by atoms with E-state index in [9.17, 15) is 9.90 Å². The van der Waals surface area contributed by atoms with E-state index in [2.05, 4.69) is 15.3 Å². The number of anilines is 2. The van der Waals surface area contributed by atoms with Crippen molar-refractivity contribution in [1.82, 2.24) is 9.97 Å². The van der Waals surface area contributed by atoms with Crippen LogP contribution in [-0.2, 0) is 4.79 Å². The molecule has 2 rings (SSSR count). The lowest BCUT2D eigenvalue weighted by Gasteiger charge is -2.14. The predicted octanol–water partition coefficient (Wildman–Crippen LogP) is 5.49. The molecular formula is C17H19Cl2N3O2S. The van der Waals surface area contributed by atoms with Crippen molar-refractivity contribution in [1.29, 1.82) is 0 Å². The molecule has 0 aliphatic heterocycles. The Balaban J connectivity index is 2.27. The number of thioether (sulfide) groups is 1. The van der Waals surface area contributed by atoms with Gasteiger partial charge in [0, 0.05) is 16.8 Å². The Kier molecular flexibility index (Phi) is 6.93. The Hall–Kier alpha value is -1.50. The van der Waals surface area contributed by atoms with Crippen molar-refractivity contribution in [3.05, 3.63) is 39.5 Å². The first-order valence-electron chi connectivity index (χ1n) is 7.78. The molecule has 0 amide bonds. The molecule has 0 radical (unpaired) electrons. The molecule has 134 valence electrons. The highest BCUT2D eigenvalue weighted by Crippen LogP contribution is 2.30. The van der Waals surface area contributed by atoms with Crippen molar-refractivity contribution in [3.63, 3.8) is 0 Å². The van der Waals surface area contributed by atoms with Crippen molar-refractivity contribution in [2.75, 3.05) is 5.32 Å². The van der Waals surface area contributed by atoms with Crippen LogP contribution in [0.4, 0.5) is 11.5 Å². The standard InChI is InChI=1S/C17H19Cl2N3O2S/c1-4-5-13(16(23)24)25-17-21-14(19)8-15(22-17)20-12-7-6-11(18)9(2)10(12)3/h6-8,13H,4-5H2,1-3H3,(H,23,24)(H,20,21,22). The van der Waals surface area contributed by atoms with Crippen LogP contribution < -0.4 is 5.32 Å². The van der Waals surface area contributed by atoms with Crippen LogP contribution in [0.15, 0.2) is 23.4 Å². The van der Waals surface area contributed by atoms with Gasteiger partial charge in [0.05, 0.1) is 0 Å². The summed E-state index contributed by atoms with van der Waals surface area (Å²) in [7, 11) is 0. The molecule has 1 unspecified atom stereocenters. The Morgan fingerprint density at radius 3 is 2.64 bits per heavy atom. The molecule has 1 aromatic heterocycles. The first-order chi connectivity index (χ1) is 11.8. The van der Waals surface area contributed by atoms with Crippen LogP contribution in [-0.4, -0.2) is 26.3 Å². The van der Waals surface area contributed by atoms with Crippen LogP contribution >= 0.6 is 35.0 Å². The lowest BCUT2D eigenvalue weighted by Crippen LogP contribution is -2.16. The summed E-state index contributed by atoms with van der Waals surface area (Å²) >= 11 is 13.3. The van der Waals surface area contributed by atoms with Crippen molar-refractivity contribution in [2.24, 2.45) is 0 Å². The summed E-state index contributed by atoms with van der Waals surface area (Å²) in [5.74, 6) is -0.373. The maximum absolute atomic E-state index is 11.3. The summed E-state index contributed by atoms with van der Waals surface area (Å²) in [5.41, 5.74) is 2.84. The van der Waals surface area contributed by atoms with Crippen molar-refractivity contribution >= 4 is 52.4 Å². The average Bonchev–Trinajstić information content (AvgIpc) is 2.54. The molecule has 1 heterocycles. The van der Waals surface area contributed by atoms with Crippen molar-refractivity contribution in [3.8, 4) is 0 Å². The van der Waals surface area contributed by atoms with Crippen LogP contribution in [0.3, 0.4) is 0 Å². The summed E-state index contributed by atoms with van der Waals surface area (Å²) in [5, 5.41) is 13.2. The van der Waals surface area contributed by atoms with Gasteiger partial charge >= 0.3 is 5.97 Å². The number of carboxylic acids is 1. The Labute approximate surface area is 161 Å². The van der Waals surface area contributed by atoms with Gasteiger partial charge in [-0.05, 0) is 43.5 Å². The molecule has 0 bridgehead atoms. The first-order valence-corrected chi connectivity index (χ1v) is 9.42. The Morgan fingerprint density at radius 1 is 1.28 bits per heavy atom.